The zero-order valence-electron chi connectivity index (χ0n) is 13.7. The van der Waals surface area contributed by atoms with Gasteiger partial charge in [-0.3, -0.25) is 0 Å². The molecule has 0 amide bonds. The molecule has 1 aromatic rings. The summed E-state index contributed by atoms with van der Waals surface area (Å²) < 4.78 is 0. The molecule has 19 heavy (non-hydrogen) atoms. The molecule has 0 radical (unpaired) electrons. The first-order valence-corrected chi connectivity index (χ1v) is 7.31. The normalized spacial score (nSPS) is 14.7. The second-order valence-electron chi connectivity index (χ2n) is 5.93. The maximum Gasteiger partial charge on any atom is 0.0384 e. The van der Waals surface area contributed by atoms with E-state index in [0.29, 0.717) is 12.0 Å². The molecule has 1 N–H and O–H groups in total. The first kappa shape index (κ1) is 16.2. The van der Waals surface area contributed by atoms with E-state index < -0.39 is 0 Å². The van der Waals surface area contributed by atoms with Gasteiger partial charge in [-0.25, -0.2) is 0 Å². The molecule has 0 spiro atoms. The third kappa shape index (κ3) is 3.80. The monoisotopic (exact) mass is 262 g/mol. The Balaban J connectivity index is 3.22. The largest absolute Gasteiger partial charge is 0.319 e. The molecule has 0 aliphatic carbocycles. The van der Waals surface area contributed by atoms with E-state index >= 15 is 0 Å². The summed E-state index contributed by atoms with van der Waals surface area (Å²) in [7, 11) is 6.43. The second-order valence-corrected chi connectivity index (χ2v) is 5.93. The summed E-state index contributed by atoms with van der Waals surface area (Å²) >= 11 is 0. The van der Waals surface area contributed by atoms with Gasteiger partial charge in [0, 0.05) is 6.04 Å². The Bertz CT molecular complexity index is 410. The highest BCUT2D eigenvalue weighted by Crippen LogP contribution is 2.32. The molecule has 1 rings (SSSR count). The Labute approximate surface area is 119 Å². The molecule has 0 fully saturated rings. The predicted octanol–water partition coefficient (Wildman–Crippen LogP) is 3.46. The van der Waals surface area contributed by atoms with Gasteiger partial charge in [-0.2, -0.15) is 0 Å². The molecule has 0 saturated heterocycles. The van der Waals surface area contributed by atoms with E-state index in [1.807, 2.05) is 7.05 Å². The highest BCUT2D eigenvalue weighted by atomic mass is 15.1. The van der Waals surface area contributed by atoms with Crippen molar-refractivity contribution in [2.24, 2.45) is 5.92 Å². The molecule has 2 unspecified atom stereocenters. The summed E-state index contributed by atoms with van der Waals surface area (Å²) in [5.74, 6) is 0.640. The molecule has 1 aromatic carbocycles. The van der Waals surface area contributed by atoms with Gasteiger partial charge in [0.2, 0.25) is 0 Å². The van der Waals surface area contributed by atoms with Crippen molar-refractivity contribution in [3.8, 4) is 0 Å². The van der Waals surface area contributed by atoms with Gasteiger partial charge in [0.15, 0.2) is 0 Å². The highest BCUT2D eigenvalue weighted by molar-refractivity contribution is 5.38. The summed E-state index contributed by atoms with van der Waals surface area (Å²) in [6.45, 7) is 10.00. The lowest BCUT2D eigenvalue weighted by Crippen LogP contribution is -2.33. The van der Waals surface area contributed by atoms with Crippen LogP contribution in [-0.2, 0) is 0 Å². The van der Waals surface area contributed by atoms with E-state index in [1.54, 1.807) is 0 Å². The van der Waals surface area contributed by atoms with Crippen LogP contribution in [0.2, 0.25) is 0 Å². The summed E-state index contributed by atoms with van der Waals surface area (Å²) in [4.78, 5) is 2.36. The van der Waals surface area contributed by atoms with Crippen LogP contribution in [0.1, 0.15) is 41.6 Å². The van der Waals surface area contributed by atoms with Crippen molar-refractivity contribution in [3.63, 3.8) is 0 Å². The Morgan fingerprint density at radius 2 is 1.63 bits per heavy atom. The topological polar surface area (TPSA) is 15.3 Å². The fraction of sp³-hybridized carbons (Fsp3) is 0.647. The number of hydrogen-bond acceptors (Lipinski definition) is 2. The van der Waals surface area contributed by atoms with Crippen LogP contribution in [0, 0.1) is 26.7 Å². The fourth-order valence-electron chi connectivity index (χ4n) is 3.00. The van der Waals surface area contributed by atoms with E-state index in [1.165, 1.54) is 28.7 Å². The number of benzene rings is 1. The summed E-state index contributed by atoms with van der Waals surface area (Å²) in [5.41, 5.74) is 5.68. The zero-order valence-corrected chi connectivity index (χ0v) is 13.7. The Morgan fingerprint density at radius 3 is 2.11 bits per heavy atom. The number of nitrogens with zero attached hydrogens (tertiary/aromatic N) is 1. The van der Waals surface area contributed by atoms with Gasteiger partial charge in [0.05, 0.1) is 0 Å². The van der Waals surface area contributed by atoms with Crippen LogP contribution >= 0.6 is 0 Å². The van der Waals surface area contributed by atoms with Gasteiger partial charge in [-0.05, 0) is 76.6 Å². The van der Waals surface area contributed by atoms with Gasteiger partial charge >= 0.3 is 0 Å². The molecule has 2 atom stereocenters. The van der Waals surface area contributed by atoms with Crippen molar-refractivity contribution < 1.29 is 0 Å². The maximum absolute atomic E-state index is 3.34. The molecule has 108 valence electrons. The molecular weight excluding hydrogens is 232 g/mol. The zero-order chi connectivity index (χ0) is 14.6. The highest BCUT2D eigenvalue weighted by Gasteiger charge is 2.25. The van der Waals surface area contributed by atoms with Gasteiger partial charge in [0.1, 0.15) is 0 Å². The Morgan fingerprint density at radius 1 is 1.05 bits per heavy atom. The minimum absolute atomic E-state index is 0.483. The molecular formula is C17H30N2. The summed E-state index contributed by atoms with van der Waals surface area (Å²) in [6.07, 6.45) is 1.19. The second kappa shape index (κ2) is 7.06. The van der Waals surface area contributed by atoms with E-state index in [-0.39, 0.29) is 0 Å². The van der Waals surface area contributed by atoms with Crippen LogP contribution < -0.4 is 5.32 Å². The van der Waals surface area contributed by atoms with E-state index in [9.17, 15) is 0 Å². The fourth-order valence-corrected chi connectivity index (χ4v) is 3.00. The maximum atomic E-state index is 3.34. The number of aryl methyl sites for hydroxylation is 3. The van der Waals surface area contributed by atoms with Gasteiger partial charge < -0.3 is 10.2 Å². The van der Waals surface area contributed by atoms with Crippen LogP contribution in [0.15, 0.2) is 12.1 Å². The summed E-state index contributed by atoms with van der Waals surface area (Å²) in [5, 5.41) is 3.34. The third-order valence-electron chi connectivity index (χ3n) is 4.19. The minimum Gasteiger partial charge on any atom is -0.319 e. The number of nitrogens with one attached hydrogen (secondary N) is 1. The lowest BCUT2D eigenvalue weighted by Gasteiger charge is -2.34. The quantitative estimate of drug-likeness (QED) is 0.844. The van der Waals surface area contributed by atoms with Crippen molar-refractivity contribution in [3.05, 3.63) is 34.4 Å². The van der Waals surface area contributed by atoms with Gasteiger partial charge in [0.25, 0.3) is 0 Å². The molecule has 0 aliphatic heterocycles. The Kier molecular flexibility index (Phi) is 6.02. The van der Waals surface area contributed by atoms with Crippen LogP contribution in [0.25, 0.3) is 0 Å². The van der Waals surface area contributed by atoms with Crippen LogP contribution in [0.5, 0.6) is 0 Å². The lowest BCUT2D eigenvalue weighted by molar-refractivity contribution is 0.203. The van der Waals surface area contributed by atoms with Gasteiger partial charge in [-0.1, -0.05) is 25.5 Å². The third-order valence-corrected chi connectivity index (χ3v) is 4.19. The molecule has 0 heterocycles. The summed E-state index contributed by atoms with van der Waals surface area (Å²) in [6, 6.07) is 5.19. The van der Waals surface area contributed by atoms with Crippen molar-refractivity contribution in [1.29, 1.82) is 0 Å². The van der Waals surface area contributed by atoms with Crippen molar-refractivity contribution in [2.75, 3.05) is 27.7 Å². The molecule has 0 aromatic heterocycles. The van der Waals surface area contributed by atoms with E-state index in [2.05, 4.69) is 64.1 Å². The minimum atomic E-state index is 0.483. The van der Waals surface area contributed by atoms with Gasteiger partial charge in [-0.15, -0.1) is 0 Å². The SMILES string of the molecule is CCC(CNC)C(c1cc(C)c(C)cc1C)N(C)C. The van der Waals surface area contributed by atoms with Crippen molar-refractivity contribution >= 4 is 0 Å². The molecule has 0 bridgehead atoms. The number of hydrogen-bond donors (Lipinski definition) is 1. The first-order valence-electron chi connectivity index (χ1n) is 7.31. The number of rotatable bonds is 6. The standard InChI is InChI=1S/C17H30N2/c1-8-15(11-18-5)17(19(6)7)16-10-13(3)12(2)9-14(16)4/h9-10,15,17-18H,8,11H2,1-7H3. The molecule has 0 aliphatic rings. The van der Waals surface area contributed by atoms with Crippen molar-refractivity contribution in [2.45, 2.75) is 40.2 Å². The molecule has 2 nitrogen and oxygen atoms in total. The van der Waals surface area contributed by atoms with Crippen LogP contribution in [0.4, 0.5) is 0 Å². The molecule has 2 heteroatoms. The Hall–Kier alpha value is -0.860. The first-order chi connectivity index (χ1) is 8.92. The van der Waals surface area contributed by atoms with Crippen LogP contribution in [0.3, 0.4) is 0 Å². The smallest absolute Gasteiger partial charge is 0.0384 e. The molecule has 0 saturated carbocycles. The van der Waals surface area contributed by atoms with E-state index in [4.69, 9.17) is 0 Å². The van der Waals surface area contributed by atoms with Crippen LogP contribution in [-0.4, -0.2) is 32.6 Å². The average Bonchev–Trinajstić information content (AvgIpc) is 2.34. The predicted molar refractivity (Wildman–Crippen MR) is 84.8 cm³/mol. The van der Waals surface area contributed by atoms with E-state index in [0.717, 1.165) is 6.54 Å². The average molecular weight is 262 g/mol. The lowest BCUT2D eigenvalue weighted by atomic mass is 9.86. The van der Waals surface area contributed by atoms with Crippen molar-refractivity contribution in [1.82, 2.24) is 10.2 Å².